The smallest absolute Gasteiger partial charge is 0.271 e. The molecule has 0 spiro atoms. The van der Waals surface area contributed by atoms with Crippen molar-refractivity contribution in [3.63, 3.8) is 0 Å². The van der Waals surface area contributed by atoms with Crippen LogP contribution in [0.1, 0.15) is 12.5 Å². The molecule has 1 aromatic rings. The van der Waals surface area contributed by atoms with Gasteiger partial charge in [0.2, 0.25) is 5.91 Å². The van der Waals surface area contributed by atoms with Crippen LogP contribution < -0.4 is 10.6 Å². The summed E-state index contributed by atoms with van der Waals surface area (Å²) in [5.41, 5.74) is 1.25. The minimum atomic E-state index is -0.480. The van der Waals surface area contributed by atoms with Crippen molar-refractivity contribution in [2.75, 3.05) is 18.9 Å². The molecule has 1 amide bonds. The van der Waals surface area contributed by atoms with E-state index in [4.69, 9.17) is 0 Å². The predicted molar refractivity (Wildman–Crippen MR) is 69.6 cm³/mol. The Bertz CT molecular complexity index is 460. The largest absolute Gasteiger partial charge is 0.325 e. The zero-order valence-corrected chi connectivity index (χ0v) is 10.7. The van der Waals surface area contributed by atoms with Crippen LogP contribution in [0.5, 0.6) is 0 Å². The second kappa shape index (κ2) is 6.11. The lowest BCUT2D eigenvalue weighted by molar-refractivity contribution is -0.384. The van der Waals surface area contributed by atoms with E-state index < -0.39 is 4.92 Å². The first-order chi connectivity index (χ1) is 8.45. The number of rotatable bonds is 5. The average Bonchev–Trinajstić information content (AvgIpc) is 2.31. The number of carbonyl (C=O) groups excluding carboxylic acids is 1. The Labute approximate surface area is 106 Å². The molecule has 1 atom stereocenters. The average molecular weight is 251 g/mol. The summed E-state index contributed by atoms with van der Waals surface area (Å²) in [6.45, 7) is 4.14. The normalized spacial score (nSPS) is 11.9. The van der Waals surface area contributed by atoms with E-state index >= 15 is 0 Å². The lowest BCUT2D eigenvalue weighted by Crippen LogP contribution is -2.28. The summed E-state index contributed by atoms with van der Waals surface area (Å²) in [5.74, 6) is -0.360. The molecular formula is C12H17N3O3. The van der Waals surface area contributed by atoms with Gasteiger partial charge < -0.3 is 10.6 Å². The highest BCUT2D eigenvalue weighted by molar-refractivity contribution is 5.93. The summed E-state index contributed by atoms with van der Waals surface area (Å²) in [6.07, 6.45) is 0. The van der Waals surface area contributed by atoms with Crippen molar-refractivity contribution < 1.29 is 9.72 Å². The molecule has 0 aromatic heterocycles. The van der Waals surface area contributed by atoms with E-state index in [0.717, 1.165) is 5.56 Å². The number of hydrogen-bond acceptors (Lipinski definition) is 4. The Kier molecular flexibility index (Phi) is 4.79. The van der Waals surface area contributed by atoms with Gasteiger partial charge in [-0.3, -0.25) is 14.9 Å². The highest BCUT2D eigenvalue weighted by Gasteiger charge is 2.15. The molecule has 0 aliphatic rings. The molecule has 1 aromatic carbocycles. The number of nitro benzene ring substituents is 1. The van der Waals surface area contributed by atoms with Crippen molar-refractivity contribution in [1.82, 2.24) is 5.32 Å². The van der Waals surface area contributed by atoms with Gasteiger partial charge >= 0.3 is 0 Å². The van der Waals surface area contributed by atoms with E-state index in [1.807, 2.05) is 0 Å². The number of nitrogens with zero attached hydrogens (tertiary/aromatic N) is 1. The van der Waals surface area contributed by atoms with Crippen LogP contribution in [0, 0.1) is 23.0 Å². The van der Waals surface area contributed by atoms with Crippen molar-refractivity contribution in [2.24, 2.45) is 5.92 Å². The summed E-state index contributed by atoms with van der Waals surface area (Å²) in [5, 5.41) is 16.3. The fourth-order valence-corrected chi connectivity index (χ4v) is 1.51. The van der Waals surface area contributed by atoms with E-state index in [2.05, 4.69) is 10.6 Å². The molecule has 98 valence electrons. The predicted octanol–water partition coefficient (Wildman–Crippen LogP) is 1.70. The second-order valence-electron chi connectivity index (χ2n) is 4.20. The number of nitrogens with one attached hydrogen (secondary N) is 2. The lowest BCUT2D eigenvalue weighted by atomic mass is 10.1. The summed E-state index contributed by atoms with van der Waals surface area (Å²) in [4.78, 5) is 22.0. The highest BCUT2D eigenvalue weighted by Crippen LogP contribution is 2.22. The Balaban J connectivity index is 2.86. The maximum absolute atomic E-state index is 11.8. The van der Waals surface area contributed by atoms with Gasteiger partial charge in [0.1, 0.15) is 0 Å². The van der Waals surface area contributed by atoms with Crippen LogP contribution in [-0.4, -0.2) is 24.4 Å². The van der Waals surface area contributed by atoms with Crippen molar-refractivity contribution in [3.8, 4) is 0 Å². The van der Waals surface area contributed by atoms with Gasteiger partial charge in [0.25, 0.3) is 5.69 Å². The third kappa shape index (κ3) is 3.53. The molecule has 6 heteroatoms. The maximum Gasteiger partial charge on any atom is 0.271 e. The number of anilines is 1. The Hall–Kier alpha value is -1.95. The van der Waals surface area contributed by atoms with Gasteiger partial charge in [-0.05, 0) is 19.5 Å². The minimum absolute atomic E-state index is 0.0304. The molecule has 18 heavy (non-hydrogen) atoms. The quantitative estimate of drug-likeness (QED) is 0.616. The second-order valence-corrected chi connectivity index (χ2v) is 4.20. The number of benzene rings is 1. The molecule has 6 nitrogen and oxygen atoms in total. The Morgan fingerprint density at radius 1 is 1.50 bits per heavy atom. The van der Waals surface area contributed by atoms with Gasteiger partial charge in [-0.2, -0.15) is 0 Å². The van der Waals surface area contributed by atoms with Gasteiger partial charge in [-0.25, -0.2) is 0 Å². The molecule has 0 aliphatic carbocycles. The first-order valence-corrected chi connectivity index (χ1v) is 5.66. The van der Waals surface area contributed by atoms with Gasteiger partial charge in [0.05, 0.1) is 10.6 Å². The van der Waals surface area contributed by atoms with Crippen LogP contribution in [0.4, 0.5) is 11.4 Å². The van der Waals surface area contributed by atoms with Gasteiger partial charge in [-0.15, -0.1) is 0 Å². The van der Waals surface area contributed by atoms with Crippen LogP contribution in [-0.2, 0) is 4.79 Å². The van der Waals surface area contributed by atoms with Gasteiger partial charge in [-0.1, -0.05) is 13.0 Å². The van der Waals surface area contributed by atoms with Crippen molar-refractivity contribution in [2.45, 2.75) is 13.8 Å². The summed E-state index contributed by atoms with van der Waals surface area (Å²) >= 11 is 0. The summed E-state index contributed by atoms with van der Waals surface area (Å²) in [6, 6.07) is 4.41. The molecule has 1 rings (SSSR count). The van der Waals surface area contributed by atoms with Gasteiger partial charge in [0.15, 0.2) is 0 Å². The fraction of sp³-hybridized carbons (Fsp3) is 0.417. The van der Waals surface area contributed by atoms with Crippen molar-refractivity contribution >= 4 is 17.3 Å². The van der Waals surface area contributed by atoms with E-state index in [9.17, 15) is 14.9 Å². The SMILES string of the molecule is CNCC(C)C(=O)Nc1cc([N+](=O)[O-])ccc1C. The number of carbonyl (C=O) groups is 1. The minimum Gasteiger partial charge on any atom is -0.325 e. The van der Waals surface area contributed by atoms with E-state index in [1.54, 1.807) is 27.0 Å². The molecule has 0 saturated carbocycles. The first kappa shape index (κ1) is 14.1. The lowest BCUT2D eigenvalue weighted by Gasteiger charge is -2.13. The number of aryl methyl sites for hydroxylation is 1. The molecule has 0 bridgehead atoms. The molecule has 0 fully saturated rings. The third-order valence-electron chi connectivity index (χ3n) is 2.65. The molecule has 0 heterocycles. The fourth-order valence-electron chi connectivity index (χ4n) is 1.51. The maximum atomic E-state index is 11.8. The van der Waals surface area contributed by atoms with E-state index in [1.165, 1.54) is 12.1 Å². The Morgan fingerprint density at radius 2 is 2.17 bits per heavy atom. The zero-order valence-electron chi connectivity index (χ0n) is 10.7. The van der Waals surface area contributed by atoms with E-state index in [-0.39, 0.29) is 17.5 Å². The van der Waals surface area contributed by atoms with Crippen LogP contribution in [0.25, 0.3) is 0 Å². The topological polar surface area (TPSA) is 84.3 Å². The number of nitro groups is 1. The molecule has 1 unspecified atom stereocenters. The number of hydrogen-bond donors (Lipinski definition) is 2. The van der Waals surface area contributed by atoms with Gasteiger partial charge in [0, 0.05) is 24.6 Å². The van der Waals surface area contributed by atoms with E-state index in [0.29, 0.717) is 12.2 Å². The third-order valence-corrected chi connectivity index (χ3v) is 2.65. The highest BCUT2D eigenvalue weighted by atomic mass is 16.6. The van der Waals surface area contributed by atoms with Crippen molar-refractivity contribution in [3.05, 3.63) is 33.9 Å². The number of non-ortho nitro benzene ring substituents is 1. The first-order valence-electron chi connectivity index (χ1n) is 5.66. The summed E-state index contributed by atoms with van der Waals surface area (Å²) in [7, 11) is 1.77. The van der Waals surface area contributed by atoms with Crippen LogP contribution in [0.15, 0.2) is 18.2 Å². The number of amides is 1. The molecule has 0 aliphatic heterocycles. The van der Waals surface area contributed by atoms with Crippen LogP contribution in [0.2, 0.25) is 0 Å². The molecule has 0 saturated heterocycles. The van der Waals surface area contributed by atoms with Crippen LogP contribution >= 0.6 is 0 Å². The molecule has 0 radical (unpaired) electrons. The molecule has 2 N–H and O–H groups in total. The molecular weight excluding hydrogens is 234 g/mol. The van der Waals surface area contributed by atoms with Crippen molar-refractivity contribution in [1.29, 1.82) is 0 Å². The summed E-state index contributed by atoms with van der Waals surface area (Å²) < 4.78 is 0. The zero-order chi connectivity index (χ0) is 13.7. The monoisotopic (exact) mass is 251 g/mol. The Morgan fingerprint density at radius 3 is 2.72 bits per heavy atom. The van der Waals surface area contributed by atoms with Crippen LogP contribution in [0.3, 0.4) is 0 Å². The standard InChI is InChI=1S/C12H17N3O3/c1-8-4-5-10(15(17)18)6-11(8)14-12(16)9(2)7-13-3/h4-6,9,13H,7H2,1-3H3,(H,14,16).